The number of hydrogen-bond donors (Lipinski definition) is 2. The van der Waals surface area contributed by atoms with E-state index in [9.17, 15) is 14.3 Å². The molecule has 0 heterocycles. The molecular formula is C21H25FN2O3. The van der Waals surface area contributed by atoms with E-state index in [4.69, 9.17) is 4.74 Å². The molecule has 1 fully saturated rings. The van der Waals surface area contributed by atoms with Crippen LogP contribution in [0.15, 0.2) is 48.5 Å². The third-order valence-electron chi connectivity index (χ3n) is 4.59. The Morgan fingerprint density at radius 1 is 1.22 bits per heavy atom. The number of amides is 1. The van der Waals surface area contributed by atoms with Crippen molar-refractivity contribution in [3.05, 3.63) is 65.5 Å². The van der Waals surface area contributed by atoms with Gasteiger partial charge in [0.05, 0.1) is 0 Å². The minimum absolute atomic E-state index is 0.103. The zero-order valence-electron chi connectivity index (χ0n) is 15.4. The molecule has 0 aliphatic heterocycles. The van der Waals surface area contributed by atoms with Crippen molar-refractivity contribution in [1.82, 2.24) is 10.2 Å². The first kappa shape index (κ1) is 19.3. The first-order valence-electron chi connectivity index (χ1n) is 9.16. The average molecular weight is 372 g/mol. The van der Waals surface area contributed by atoms with Crippen molar-refractivity contribution in [2.75, 3.05) is 20.2 Å². The Bertz CT molecular complexity index is 745. The third-order valence-corrected chi connectivity index (χ3v) is 4.59. The Morgan fingerprint density at radius 2 is 1.89 bits per heavy atom. The number of carbonyl (C=O) groups excluding carboxylic acids is 1. The lowest BCUT2D eigenvalue weighted by atomic mass is 10.1. The van der Waals surface area contributed by atoms with E-state index in [1.807, 2.05) is 24.3 Å². The zero-order chi connectivity index (χ0) is 19.2. The van der Waals surface area contributed by atoms with Crippen molar-refractivity contribution in [2.45, 2.75) is 31.5 Å². The Kier molecular flexibility index (Phi) is 6.42. The highest BCUT2D eigenvalue weighted by molar-refractivity contribution is 5.93. The summed E-state index contributed by atoms with van der Waals surface area (Å²) in [4.78, 5) is 13.9. The summed E-state index contributed by atoms with van der Waals surface area (Å²) < 4.78 is 18.5. The molecule has 1 saturated carbocycles. The van der Waals surface area contributed by atoms with Crippen LogP contribution in [0.5, 0.6) is 5.75 Å². The van der Waals surface area contributed by atoms with Gasteiger partial charge in [-0.3, -0.25) is 9.69 Å². The highest BCUT2D eigenvalue weighted by Crippen LogP contribution is 2.28. The summed E-state index contributed by atoms with van der Waals surface area (Å²) >= 11 is 0. The van der Waals surface area contributed by atoms with Crippen molar-refractivity contribution < 1.29 is 19.0 Å². The van der Waals surface area contributed by atoms with Crippen LogP contribution in [0.3, 0.4) is 0 Å². The second-order valence-electron chi connectivity index (χ2n) is 6.86. The monoisotopic (exact) mass is 372 g/mol. The molecule has 6 heteroatoms. The molecule has 1 aliphatic carbocycles. The van der Waals surface area contributed by atoms with Gasteiger partial charge in [0, 0.05) is 31.7 Å². The zero-order valence-corrected chi connectivity index (χ0v) is 15.4. The summed E-state index contributed by atoms with van der Waals surface area (Å²) in [5.41, 5.74) is 1.73. The van der Waals surface area contributed by atoms with Gasteiger partial charge in [-0.25, -0.2) is 4.39 Å². The number of halogens is 1. The quantitative estimate of drug-likeness (QED) is 0.710. The van der Waals surface area contributed by atoms with Crippen molar-refractivity contribution in [2.24, 2.45) is 0 Å². The number of aliphatic hydroxyl groups is 1. The average Bonchev–Trinajstić information content (AvgIpc) is 3.52. The summed E-state index contributed by atoms with van der Waals surface area (Å²) in [6.07, 6.45) is 1.62. The van der Waals surface area contributed by atoms with Crippen LogP contribution in [0.4, 0.5) is 4.39 Å². The fraction of sp³-hybridized carbons (Fsp3) is 0.381. The van der Waals surface area contributed by atoms with E-state index >= 15 is 0 Å². The lowest BCUT2D eigenvalue weighted by Gasteiger charge is -2.25. The van der Waals surface area contributed by atoms with Gasteiger partial charge < -0.3 is 15.2 Å². The predicted octanol–water partition coefficient (Wildman–Crippen LogP) is 2.59. The van der Waals surface area contributed by atoms with Crippen LogP contribution in [0, 0.1) is 5.82 Å². The molecule has 0 radical (unpaired) electrons. The van der Waals surface area contributed by atoms with Crippen molar-refractivity contribution in [3.63, 3.8) is 0 Å². The Labute approximate surface area is 158 Å². The number of nitrogens with zero attached hydrogens (tertiary/aromatic N) is 1. The third kappa shape index (κ3) is 5.77. The van der Waals surface area contributed by atoms with Crippen molar-refractivity contribution in [3.8, 4) is 5.75 Å². The molecule has 27 heavy (non-hydrogen) atoms. The number of benzene rings is 2. The van der Waals surface area contributed by atoms with E-state index < -0.39 is 6.10 Å². The first-order valence-corrected chi connectivity index (χ1v) is 9.16. The van der Waals surface area contributed by atoms with E-state index in [1.54, 1.807) is 19.2 Å². The number of hydrogen-bond acceptors (Lipinski definition) is 4. The van der Waals surface area contributed by atoms with Crippen LogP contribution >= 0.6 is 0 Å². The smallest absolute Gasteiger partial charge is 0.251 e. The van der Waals surface area contributed by atoms with Crippen LogP contribution in [0.1, 0.15) is 28.8 Å². The summed E-state index contributed by atoms with van der Waals surface area (Å²) in [7, 11) is 1.61. The minimum atomic E-state index is -0.638. The first-order chi connectivity index (χ1) is 13.0. The van der Waals surface area contributed by atoms with Gasteiger partial charge in [0.1, 0.15) is 24.3 Å². The molecule has 0 spiro atoms. The van der Waals surface area contributed by atoms with E-state index in [0.717, 1.165) is 18.4 Å². The molecule has 2 aromatic rings. The lowest BCUT2D eigenvalue weighted by Crippen LogP contribution is -2.36. The van der Waals surface area contributed by atoms with Gasteiger partial charge >= 0.3 is 0 Å². The molecule has 144 valence electrons. The molecule has 1 amide bonds. The molecule has 3 rings (SSSR count). The van der Waals surface area contributed by atoms with Gasteiger partial charge in [-0.2, -0.15) is 0 Å². The number of aliphatic hydroxyl groups excluding tert-OH is 1. The van der Waals surface area contributed by atoms with E-state index in [-0.39, 0.29) is 18.3 Å². The Hall–Kier alpha value is -2.44. The van der Waals surface area contributed by atoms with Crippen LogP contribution in [0.25, 0.3) is 0 Å². The van der Waals surface area contributed by atoms with E-state index in [0.29, 0.717) is 30.4 Å². The standard InChI is InChI=1S/C21H25FN2O3/c1-23-21(26)16-4-2-15(3-5-16)12-24(18-8-9-18)13-19(25)14-27-20-10-6-17(22)7-11-20/h2-7,10-11,18-19,25H,8-9,12-14H2,1H3,(H,23,26)/t19-/m1/s1. The van der Waals surface area contributed by atoms with E-state index in [2.05, 4.69) is 10.2 Å². The van der Waals surface area contributed by atoms with Gasteiger partial charge in [-0.15, -0.1) is 0 Å². The maximum atomic E-state index is 12.9. The number of ether oxygens (including phenoxy) is 1. The maximum absolute atomic E-state index is 12.9. The van der Waals surface area contributed by atoms with Crippen molar-refractivity contribution >= 4 is 5.91 Å². The number of nitrogens with one attached hydrogen (secondary N) is 1. The second kappa shape index (κ2) is 8.97. The van der Waals surface area contributed by atoms with Crippen LogP contribution in [-0.2, 0) is 6.54 Å². The molecule has 1 aliphatic rings. The van der Waals surface area contributed by atoms with Crippen LogP contribution < -0.4 is 10.1 Å². The molecule has 0 bridgehead atoms. The van der Waals surface area contributed by atoms with Crippen LogP contribution in [-0.4, -0.2) is 48.3 Å². The normalized spacial score (nSPS) is 14.8. The fourth-order valence-electron chi connectivity index (χ4n) is 2.97. The van der Waals surface area contributed by atoms with Gasteiger partial charge in [0.15, 0.2) is 0 Å². The molecule has 5 nitrogen and oxygen atoms in total. The lowest BCUT2D eigenvalue weighted by molar-refractivity contribution is 0.0626. The van der Waals surface area contributed by atoms with Gasteiger partial charge in [0.25, 0.3) is 5.91 Å². The highest BCUT2D eigenvalue weighted by Gasteiger charge is 2.30. The Balaban J connectivity index is 1.52. The summed E-state index contributed by atoms with van der Waals surface area (Å²) in [5, 5.41) is 13.0. The fourth-order valence-corrected chi connectivity index (χ4v) is 2.97. The SMILES string of the molecule is CNC(=O)c1ccc(CN(C[C@@H](O)COc2ccc(F)cc2)C2CC2)cc1. The molecule has 2 N–H and O–H groups in total. The molecular weight excluding hydrogens is 347 g/mol. The van der Waals surface area contributed by atoms with Gasteiger partial charge in [0.2, 0.25) is 0 Å². The number of carbonyl (C=O) groups is 1. The predicted molar refractivity (Wildman–Crippen MR) is 101 cm³/mol. The Morgan fingerprint density at radius 3 is 2.48 bits per heavy atom. The highest BCUT2D eigenvalue weighted by atomic mass is 19.1. The minimum Gasteiger partial charge on any atom is -0.491 e. The second-order valence-corrected chi connectivity index (χ2v) is 6.86. The molecule has 0 unspecified atom stereocenters. The van der Waals surface area contributed by atoms with Crippen LogP contribution in [0.2, 0.25) is 0 Å². The largest absolute Gasteiger partial charge is 0.491 e. The van der Waals surface area contributed by atoms with Gasteiger partial charge in [-0.05, 0) is 54.8 Å². The maximum Gasteiger partial charge on any atom is 0.251 e. The van der Waals surface area contributed by atoms with Gasteiger partial charge in [-0.1, -0.05) is 12.1 Å². The topological polar surface area (TPSA) is 61.8 Å². The molecule has 0 saturated heterocycles. The molecule has 1 atom stereocenters. The molecule has 0 aromatic heterocycles. The summed E-state index contributed by atoms with van der Waals surface area (Å²) in [6.45, 7) is 1.37. The van der Waals surface area contributed by atoms with E-state index in [1.165, 1.54) is 12.1 Å². The molecule has 2 aromatic carbocycles. The van der Waals surface area contributed by atoms with Crippen molar-refractivity contribution in [1.29, 1.82) is 0 Å². The summed E-state index contributed by atoms with van der Waals surface area (Å²) in [6, 6.07) is 13.8. The summed E-state index contributed by atoms with van der Waals surface area (Å²) in [5.74, 6) is 0.123. The number of rotatable bonds is 9.